The van der Waals surface area contributed by atoms with E-state index < -0.39 is 6.10 Å². The fourth-order valence-corrected chi connectivity index (χ4v) is 2.27. The number of aliphatic hydroxyl groups excluding tert-OH is 1. The molecule has 0 heterocycles. The van der Waals surface area contributed by atoms with Crippen LogP contribution in [-0.4, -0.2) is 24.9 Å². The summed E-state index contributed by atoms with van der Waals surface area (Å²) in [6, 6.07) is 12.0. The first-order valence-electron chi connectivity index (χ1n) is 7.50. The number of fused-ring (bicyclic) bond motifs is 1. The van der Waals surface area contributed by atoms with Crippen LogP contribution in [-0.2, 0) is 4.74 Å². The summed E-state index contributed by atoms with van der Waals surface area (Å²) in [5, 5.41) is 12.1. The molecule has 2 rings (SSSR count). The molecule has 0 aliphatic heterocycles. The van der Waals surface area contributed by atoms with E-state index in [0.717, 1.165) is 28.7 Å². The highest BCUT2D eigenvalue weighted by atomic mass is 16.5. The Morgan fingerprint density at radius 1 is 1.00 bits per heavy atom. The van der Waals surface area contributed by atoms with Crippen LogP contribution in [0.2, 0.25) is 0 Å². The lowest BCUT2D eigenvalue weighted by molar-refractivity contribution is 0.0810. The van der Waals surface area contributed by atoms with Gasteiger partial charge in [0.2, 0.25) is 0 Å². The van der Waals surface area contributed by atoms with Crippen LogP contribution in [0.3, 0.4) is 0 Å². The molecule has 0 fully saturated rings. The van der Waals surface area contributed by atoms with Gasteiger partial charge >= 0.3 is 0 Å². The van der Waals surface area contributed by atoms with E-state index >= 15 is 0 Å². The zero-order chi connectivity index (χ0) is 15.2. The minimum Gasteiger partial charge on any atom is -0.490 e. The van der Waals surface area contributed by atoms with Crippen molar-refractivity contribution in [1.82, 2.24) is 0 Å². The van der Waals surface area contributed by atoms with Crippen molar-refractivity contribution in [2.75, 3.05) is 19.8 Å². The number of hydrogen-bond donors (Lipinski definition) is 1. The van der Waals surface area contributed by atoms with Crippen molar-refractivity contribution in [3.8, 4) is 5.75 Å². The van der Waals surface area contributed by atoms with E-state index in [9.17, 15) is 5.11 Å². The third-order valence-electron chi connectivity index (χ3n) is 3.29. The van der Waals surface area contributed by atoms with Crippen molar-refractivity contribution < 1.29 is 14.6 Å². The van der Waals surface area contributed by atoms with Crippen LogP contribution in [0.5, 0.6) is 5.75 Å². The van der Waals surface area contributed by atoms with Gasteiger partial charge in [-0.1, -0.05) is 50.2 Å². The predicted octanol–water partition coefficient (Wildman–Crippen LogP) is 3.94. The smallest absolute Gasteiger partial charge is 0.133 e. The highest BCUT2D eigenvalue weighted by Gasteiger charge is 2.12. The van der Waals surface area contributed by atoms with E-state index in [1.165, 1.54) is 0 Å². The van der Waals surface area contributed by atoms with Gasteiger partial charge in [-0.15, -0.1) is 0 Å². The van der Waals surface area contributed by atoms with E-state index in [-0.39, 0.29) is 0 Å². The van der Waals surface area contributed by atoms with Crippen LogP contribution in [0.1, 0.15) is 32.4 Å². The minimum absolute atomic E-state index is 0.487. The van der Waals surface area contributed by atoms with Crippen LogP contribution in [0.4, 0.5) is 0 Å². The summed E-state index contributed by atoms with van der Waals surface area (Å²) < 4.78 is 11.5. The Balaban J connectivity index is 2.14. The Hall–Kier alpha value is -1.58. The number of hydrogen-bond acceptors (Lipinski definition) is 3. The summed E-state index contributed by atoms with van der Waals surface area (Å²) in [5.41, 5.74) is 0.817. The maximum atomic E-state index is 9.93. The van der Waals surface area contributed by atoms with Gasteiger partial charge in [0.15, 0.2) is 0 Å². The standard InChI is InChI=1S/C18H24O3/c1-13(2)12-20-10-11-21-18-16(14(3)19)9-8-15-6-4-5-7-17(15)18/h4-9,13-14,19H,10-12H2,1-3H3/t14-/m0/s1. The Morgan fingerprint density at radius 3 is 2.48 bits per heavy atom. The van der Waals surface area contributed by atoms with Crippen LogP contribution in [0.25, 0.3) is 10.8 Å². The normalized spacial score (nSPS) is 12.8. The molecule has 3 heteroatoms. The van der Waals surface area contributed by atoms with E-state index in [2.05, 4.69) is 13.8 Å². The lowest BCUT2D eigenvalue weighted by atomic mass is 10.0. The fraction of sp³-hybridized carbons (Fsp3) is 0.444. The molecule has 21 heavy (non-hydrogen) atoms. The van der Waals surface area contributed by atoms with E-state index in [0.29, 0.717) is 19.1 Å². The second-order valence-electron chi connectivity index (χ2n) is 5.70. The van der Waals surface area contributed by atoms with Gasteiger partial charge in [-0.2, -0.15) is 0 Å². The van der Waals surface area contributed by atoms with Crippen LogP contribution in [0, 0.1) is 5.92 Å². The first kappa shape index (κ1) is 15.8. The maximum absolute atomic E-state index is 9.93. The molecule has 1 atom stereocenters. The predicted molar refractivity (Wildman–Crippen MR) is 85.7 cm³/mol. The molecule has 0 unspecified atom stereocenters. The maximum Gasteiger partial charge on any atom is 0.133 e. The molecule has 114 valence electrons. The number of rotatable bonds is 7. The molecule has 0 aromatic heterocycles. The van der Waals surface area contributed by atoms with Crippen molar-refractivity contribution in [1.29, 1.82) is 0 Å². The third kappa shape index (κ3) is 4.19. The average molecular weight is 288 g/mol. The summed E-state index contributed by atoms with van der Waals surface area (Å²) >= 11 is 0. The molecule has 0 saturated heterocycles. The monoisotopic (exact) mass is 288 g/mol. The molecular weight excluding hydrogens is 264 g/mol. The summed E-state index contributed by atoms with van der Waals surface area (Å²) in [7, 11) is 0. The zero-order valence-electron chi connectivity index (χ0n) is 13.0. The van der Waals surface area contributed by atoms with Crippen molar-refractivity contribution in [3.05, 3.63) is 42.0 Å². The van der Waals surface area contributed by atoms with Crippen molar-refractivity contribution >= 4 is 10.8 Å². The molecule has 0 aliphatic carbocycles. The quantitative estimate of drug-likeness (QED) is 0.784. The molecule has 0 bridgehead atoms. The molecular formula is C18H24O3. The molecule has 0 spiro atoms. The van der Waals surface area contributed by atoms with Gasteiger partial charge in [0.05, 0.1) is 12.7 Å². The molecule has 0 amide bonds. The van der Waals surface area contributed by atoms with Crippen molar-refractivity contribution in [3.63, 3.8) is 0 Å². The molecule has 0 aliphatic rings. The second kappa shape index (κ2) is 7.43. The number of aliphatic hydroxyl groups is 1. The van der Waals surface area contributed by atoms with E-state index in [1.54, 1.807) is 6.92 Å². The zero-order valence-corrected chi connectivity index (χ0v) is 13.0. The Kier molecular flexibility index (Phi) is 5.59. The molecule has 0 saturated carbocycles. The second-order valence-corrected chi connectivity index (χ2v) is 5.70. The van der Waals surface area contributed by atoms with Gasteiger partial charge in [0.25, 0.3) is 0 Å². The molecule has 3 nitrogen and oxygen atoms in total. The Morgan fingerprint density at radius 2 is 1.76 bits per heavy atom. The van der Waals surface area contributed by atoms with E-state index in [1.807, 2.05) is 36.4 Å². The molecule has 0 radical (unpaired) electrons. The number of ether oxygens (including phenoxy) is 2. The first-order chi connectivity index (χ1) is 10.1. The summed E-state index contributed by atoms with van der Waals surface area (Å²) in [6.45, 7) is 7.78. The van der Waals surface area contributed by atoms with Gasteiger partial charge in [-0.3, -0.25) is 0 Å². The fourth-order valence-electron chi connectivity index (χ4n) is 2.27. The van der Waals surface area contributed by atoms with Gasteiger partial charge in [-0.05, 0) is 18.2 Å². The summed E-state index contributed by atoms with van der Waals surface area (Å²) in [6.07, 6.45) is -0.554. The Labute approximate surface area is 126 Å². The SMILES string of the molecule is CC(C)COCCOc1c([C@H](C)O)ccc2ccccc12. The van der Waals surface area contributed by atoms with Crippen LogP contribution < -0.4 is 4.74 Å². The van der Waals surface area contributed by atoms with Crippen molar-refractivity contribution in [2.45, 2.75) is 26.9 Å². The summed E-state index contributed by atoms with van der Waals surface area (Å²) in [4.78, 5) is 0. The lowest BCUT2D eigenvalue weighted by Gasteiger charge is -2.16. The van der Waals surface area contributed by atoms with Gasteiger partial charge < -0.3 is 14.6 Å². The molecule has 2 aromatic rings. The highest BCUT2D eigenvalue weighted by Crippen LogP contribution is 2.33. The van der Waals surface area contributed by atoms with Crippen molar-refractivity contribution in [2.24, 2.45) is 5.92 Å². The average Bonchev–Trinajstić information content (AvgIpc) is 2.46. The van der Waals surface area contributed by atoms with Gasteiger partial charge in [-0.25, -0.2) is 0 Å². The summed E-state index contributed by atoms with van der Waals surface area (Å²) in [5.74, 6) is 1.28. The highest BCUT2D eigenvalue weighted by molar-refractivity contribution is 5.89. The molecule has 1 N–H and O–H groups in total. The number of benzene rings is 2. The van der Waals surface area contributed by atoms with Gasteiger partial charge in [0, 0.05) is 17.6 Å². The minimum atomic E-state index is -0.554. The largest absolute Gasteiger partial charge is 0.490 e. The third-order valence-corrected chi connectivity index (χ3v) is 3.29. The van der Waals surface area contributed by atoms with Gasteiger partial charge in [0.1, 0.15) is 12.4 Å². The Bertz CT molecular complexity index is 576. The lowest BCUT2D eigenvalue weighted by Crippen LogP contribution is -2.11. The molecule has 2 aromatic carbocycles. The van der Waals surface area contributed by atoms with Crippen LogP contribution >= 0.6 is 0 Å². The topological polar surface area (TPSA) is 38.7 Å². The van der Waals surface area contributed by atoms with Crippen LogP contribution in [0.15, 0.2) is 36.4 Å². The first-order valence-corrected chi connectivity index (χ1v) is 7.50. The van der Waals surface area contributed by atoms with E-state index in [4.69, 9.17) is 9.47 Å².